The largest absolute Gasteiger partial charge is 0.324 e. The molecule has 13 heavy (non-hydrogen) atoms. The predicted octanol–water partition coefficient (Wildman–Crippen LogP) is 2.36. The van der Waals surface area contributed by atoms with Crippen molar-refractivity contribution in [3.8, 4) is 0 Å². The molecule has 1 amide bonds. The molecule has 1 aliphatic rings. The van der Waals surface area contributed by atoms with Crippen molar-refractivity contribution in [2.75, 3.05) is 5.32 Å². The highest BCUT2D eigenvalue weighted by Crippen LogP contribution is 2.31. The van der Waals surface area contributed by atoms with Crippen molar-refractivity contribution in [2.45, 2.75) is 12.8 Å². The average Bonchev–Trinajstić information content (AvgIpc) is 2.12. The second kappa shape index (κ2) is 3.00. The molecule has 2 nitrogen and oxygen atoms in total. The molecule has 0 spiro atoms. The summed E-state index contributed by atoms with van der Waals surface area (Å²) in [5, 5.41) is 2.95. The normalized spacial score (nSPS) is 15.1. The number of rotatable bonds is 0. The maximum absolute atomic E-state index is 13.2. The molecule has 0 radical (unpaired) electrons. The SMILES string of the molecule is O=C1CCc2c(F)ccc(Cl)c2N1. The average molecular weight is 200 g/mol. The molecular weight excluding hydrogens is 193 g/mol. The molecule has 0 saturated carbocycles. The summed E-state index contributed by atoms with van der Waals surface area (Å²) in [6, 6.07) is 2.76. The Kier molecular flexibility index (Phi) is 1.96. The van der Waals surface area contributed by atoms with Crippen molar-refractivity contribution >= 4 is 23.2 Å². The van der Waals surface area contributed by atoms with Crippen molar-refractivity contribution in [3.63, 3.8) is 0 Å². The number of hydrogen-bond acceptors (Lipinski definition) is 1. The first-order chi connectivity index (χ1) is 6.18. The second-order valence-electron chi connectivity index (χ2n) is 2.93. The van der Waals surface area contributed by atoms with Crippen molar-refractivity contribution in [3.05, 3.63) is 28.5 Å². The Hall–Kier alpha value is -1.09. The lowest BCUT2D eigenvalue weighted by Gasteiger charge is -2.18. The Balaban J connectivity index is 2.57. The Bertz CT molecular complexity index is 378. The fraction of sp³-hybridized carbons (Fsp3) is 0.222. The van der Waals surface area contributed by atoms with Crippen LogP contribution < -0.4 is 5.32 Å². The van der Waals surface area contributed by atoms with Gasteiger partial charge in [-0.15, -0.1) is 0 Å². The molecule has 0 aliphatic carbocycles. The van der Waals surface area contributed by atoms with Gasteiger partial charge in [-0.3, -0.25) is 4.79 Å². The van der Waals surface area contributed by atoms with Crippen molar-refractivity contribution in [1.82, 2.24) is 0 Å². The zero-order chi connectivity index (χ0) is 9.42. The van der Waals surface area contributed by atoms with E-state index in [9.17, 15) is 9.18 Å². The molecule has 1 aromatic carbocycles. The molecule has 1 N–H and O–H groups in total. The summed E-state index contributed by atoms with van der Waals surface area (Å²) >= 11 is 5.80. The molecule has 0 fully saturated rings. The fourth-order valence-electron chi connectivity index (χ4n) is 1.41. The van der Waals surface area contributed by atoms with E-state index in [1.165, 1.54) is 12.1 Å². The summed E-state index contributed by atoms with van der Waals surface area (Å²) in [5.41, 5.74) is 0.935. The highest BCUT2D eigenvalue weighted by atomic mass is 35.5. The summed E-state index contributed by atoms with van der Waals surface area (Å²) in [6.07, 6.45) is 0.748. The van der Waals surface area contributed by atoms with Crippen LogP contribution >= 0.6 is 11.6 Å². The third-order valence-electron chi connectivity index (χ3n) is 2.07. The van der Waals surface area contributed by atoms with Gasteiger partial charge in [0.2, 0.25) is 5.91 Å². The zero-order valence-electron chi connectivity index (χ0n) is 6.73. The number of anilines is 1. The van der Waals surface area contributed by atoms with Gasteiger partial charge in [-0.05, 0) is 18.6 Å². The molecule has 0 aromatic heterocycles. The number of halogens is 2. The molecule has 0 unspecified atom stereocenters. The van der Waals surface area contributed by atoms with Gasteiger partial charge in [0.1, 0.15) is 5.82 Å². The lowest BCUT2D eigenvalue weighted by atomic mass is 10.0. The van der Waals surface area contributed by atoms with E-state index in [1.54, 1.807) is 0 Å². The third kappa shape index (κ3) is 1.40. The highest BCUT2D eigenvalue weighted by Gasteiger charge is 2.20. The Morgan fingerprint density at radius 1 is 1.38 bits per heavy atom. The number of nitrogens with one attached hydrogen (secondary N) is 1. The van der Waals surface area contributed by atoms with E-state index in [4.69, 9.17) is 11.6 Å². The molecule has 1 aliphatic heterocycles. The smallest absolute Gasteiger partial charge is 0.224 e. The van der Waals surface area contributed by atoms with Crippen LogP contribution in [0.3, 0.4) is 0 Å². The minimum Gasteiger partial charge on any atom is -0.324 e. The molecule has 1 aromatic rings. The van der Waals surface area contributed by atoms with Gasteiger partial charge >= 0.3 is 0 Å². The lowest BCUT2D eigenvalue weighted by Crippen LogP contribution is -2.20. The second-order valence-corrected chi connectivity index (χ2v) is 3.34. The predicted molar refractivity (Wildman–Crippen MR) is 48.4 cm³/mol. The Labute approximate surface area is 79.7 Å². The first kappa shape index (κ1) is 8.51. The van der Waals surface area contributed by atoms with Crippen molar-refractivity contribution in [2.24, 2.45) is 0 Å². The van der Waals surface area contributed by atoms with Gasteiger partial charge in [0.05, 0.1) is 10.7 Å². The van der Waals surface area contributed by atoms with Crippen LogP contribution in [-0.4, -0.2) is 5.91 Å². The van der Waals surface area contributed by atoms with Gasteiger partial charge in [0.15, 0.2) is 0 Å². The van der Waals surface area contributed by atoms with Gasteiger partial charge in [0, 0.05) is 12.0 Å². The van der Waals surface area contributed by atoms with Crippen LogP contribution in [0.5, 0.6) is 0 Å². The first-order valence-corrected chi connectivity index (χ1v) is 4.33. The van der Waals surface area contributed by atoms with E-state index in [2.05, 4.69) is 5.32 Å². The van der Waals surface area contributed by atoms with Crippen LogP contribution in [-0.2, 0) is 11.2 Å². The van der Waals surface area contributed by atoms with Crippen LogP contribution in [0.15, 0.2) is 12.1 Å². The van der Waals surface area contributed by atoms with Gasteiger partial charge in [0.25, 0.3) is 0 Å². The molecule has 0 saturated heterocycles. The molecular formula is C9H7ClFNO. The van der Waals surface area contributed by atoms with E-state index in [-0.39, 0.29) is 11.7 Å². The quantitative estimate of drug-likeness (QED) is 0.683. The third-order valence-corrected chi connectivity index (χ3v) is 2.39. The number of hydrogen-bond donors (Lipinski definition) is 1. The monoisotopic (exact) mass is 199 g/mol. The van der Waals surface area contributed by atoms with Crippen molar-refractivity contribution in [1.29, 1.82) is 0 Å². The van der Waals surface area contributed by atoms with Crippen LogP contribution in [0, 0.1) is 5.82 Å². The summed E-state index contributed by atoms with van der Waals surface area (Å²) in [7, 11) is 0. The molecule has 4 heteroatoms. The minimum absolute atomic E-state index is 0.111. The number of carbonyl (C=O) groups excluding carboxylic acids is 1. The topological polar surface area (TPSA) is 29.1 Å². The van der Waals surface area contributed by atoms with E-state index < -0.39 is 0 Å². The Morgan fingerprint density at radius 3 is 2.92 bits per heavy atom. The van der Waals surface area contributed by atoms with Gasteiger partial charge < -0.3 is 5.32 Å². The summed E-state index contributed by atoms with van der Waals surface area (Å²) in [4.78, 5) is 11.0. The van der Waals surface area contributed by atoms with E-state index in [0.29, 0.717) is 29.1 Å². The maximum Gasteiger partial charge on any atom is 0.224 e. The van der Waals surface area contributed by atoms with Crippen molar-refractivity contribution < 1.29 is 9.18 Å². The lowest BCUT2D eigenvalue weighted by molar-refractivity contribution is -0.116. The standard InChI is InChI=1S/C9H7ClFNO/c10-6-2-3-7(11)5-1-4-8(13)12-9(5)6/h2-3H,1,4H2,(H,12,13). The van der Waals surface area contributed by atoms with Crippen LogP contribution in [0.25, 0.3) is 0 Å². The van der Waals surface area contributed by atoms with Gasteiger partial charge in [-0.1, -0.05) is 11.6 Å². The van der Waals surface area contributed by atoms with Gasteiger partial charge in [-0.2, -0.15) is 0 Å². The van der Waals surface area contributed by atoms with E-state index in [1.807, 2.05) is 0 Å². The van der Waals surface area contributed by atoms with Crippen LogP contribution in [0.4, 0.5) is 10.1 Å². The molecule has 1 heterocycles. The zero-order valence-corrected chi connectivity index (χ0v) is 7.49. The summed E-state index contributed by atoms with van der Waals surface area (Å²) < 4.78 is 13.2. The molecule has 68 valence electrons. The van der Waals surface area contributed by atoms with E-state index in [0.717, 1.165) is 0 Å². The van der Waals surface area contributed by atoms with Crippen LogP contribution in [0.1, 0.15) is 12.0 Å². The number of benzene rings is 1. The minimum atomic E-state index is -0.306. The molecule has 0 bridgehead atoms. The number of carbonyl (C=O) groups is 1. The molecule has 0 atom stereocenters. The Morgan fingerprint density at radius 2 is 2.15 bits per heavy atom. The first-order valence-electron chi connectivity index (χ1n) is 3.95. The number of fused-ring (bicyclic) bond motifs is 1. The molecule has 2 rings (SSSR count). The summed E-state index contributed by atoms with van der Waals surface area (Å²) in [5.74, 6) is -0.417. The van der Waals surface area contributed by atoms with E-state index >= 15 is 0 Å². The highest BCUT2D eigenvalue weighted by molar-refractivity contribution is 6.34. The fourth-order valence-corrected chi connectivity index (χ4v) is 1.64. The maximum atomic E-state index is 13.2. The van der Waals surface area contributed by atoms with Gasteiger partial charge in [-0.25, -0.2) is 4.39 Å². The van der Waals surface area contributed by atoms with Crippen LogP contribution in [0.2, 0.25) is 5.02 Å². The summed E-state index contributed by atoms with van der Waals surface area (Å²) in [6.45, 7) is 0. The number of amides is 1.